The normalized spacial score (nSPS) is 21.6. The topological polar surface area (TPSA) is 12.5 Å². The Kier molecular flexibility index (Phi) is 6.16. The summed E-state index contributed by atoms with van der Waals surface area (Å²) in [6.45, 7) is 7.63. The number of likely N-dealkylation sites (N-methyl/N-ethyl adjacent to an activating group) is 1. The number of thiol groups is 1. The molecule has 1 saturated carbocycles. The van der Waals surface area contributed by atoms with E-state index in [1.165, 1.54) is 32.2 Å². The van der Waals surface area contributed by atoms with Gasteiger partial charge in [0.15, 0.2) is 0 Å². The summed E-state index contributed by atoms with van der Waals surface area (Å²) in [5, 5.41) is 0. The first-order chi connectivity index (χ1) is 7.67. The van der Waals surface area contributed by atoms with Crippen molar-refractivity contribution in [3.05, 3.63) is 0 Å². The van der Waals surface area contributed by atoms with Gasteiger partial charge in [-0.2, -0.15) is 12.6 Å². The molecule has 0 saturated heterocycles. The molecule has 0 aromatic rings. The summed E-state index contributed by atoms with van der Waals surface area (Å²) >= 11 is 4.58. The lowest BCUT2D eigenvalue weighted by atomic mass is 9.87. The van der Waals surface area contributed by atoms with Crippen LogP contribution in [0.25, 0.3) is 0 Å². The monoisotopic (exact) mass is 245 g/mol. The zero-order valence-electron chi connectivity index (χ0n) is 11.0. The van der Waals surface area contributed by atoms with E-state index < -0.39 is 0 Å². The quantitative estimate of drug-likeness (QED) is 0.693. The van der Waals surface area contributed by atoms with Crippen LogP contribution in [0.2, 0.25) is 0 Å². The number of methoxy groups -OCH3 is 1. The summed E-state index contributed by atoms with van der Waals surface area (Å²) in [6.07, 6.45) is 5.48. The Morgan fingerprint density at radius 2 is 2.00 bits per heavy atom. The fourth-order valence-electron chi connectivity index (χ4n) is 2.85. The molecule has 0 aromatic heterocycles. The molecule has 3 heteroatoms. The average Bonchev–Trinajstić information content (AvgIpc) is 2.75. The zero-order valence-corrected chi connectivity index (χ0v) is 11.9. The van der Waals surface area contributed by atoms with Crippen molar-refractivity contribution in [2.24, 2.45) is 5.41 Å². The minimum Gasteiger partial charge on any atom is -0.383 e. The maximum atomic E-state index is 5.26. The Labute approximate surface area is 106 Å². The molecule has 2 nitrogen and oxygen atoms in total. The molecular formula is C13H27NOS. The first kappa shape index (κ1) is 14.3. The fraction of sp³-hybridized carbons (Fsp3) is 1.00. The first-order valence-corrected chi connectivity index (χ1v) is 7.14. The van der Waals surface area contributed by atoms with Gasteiger partial charge in [-0.25, -0.2) is 0 Å². The molecule has 16 heavy (non-hydrogen) atoms. The minimum atomic E-state index is 0.473. The van der Waals surface area contributed by atoms with Gasteiger partial charge in [-0.3, -0.25) is 4.90 Å². The first-order valence-electron chi connectivity index (χ1n) is 6.51. The number of rotatable bonds is 7. The number of ether oxygens (including phenoxy) is 1. The summed E-state index contributed by atoms with van der Waals surface area (Å²) in [6, 6.07) is 0.521. The van der Waals surface area contributed by atoms with E-state index in [-0.39, 0.29) is 0 Å². The standard InChI is InChI=1S/C13H27NOS/c1-4-14(12(2)9-15-3)10-13(11-16)7-5-6-8-13/h12,16H,4-11H2,1-3H3. The largest absolute Gasteiger partial charge is 0.383 e. The predicted octanol–water partition coefficient (Wildman–Crippen LogP) is 2.83. The molecule has 0 aliphatic heterocycles. The van der Waals surface area contributed by atoms with Crippen LogP contribution in [-0.2, 0) is 4.74 Å². The Balaban J connectivity index is 2.53. The predicted molar refractivity (Wildman–Crippen MR) is 73.3 cm³/mol. The molecule has 1 aliphatic carbocycles. The summed E-state index contributed by atoms with van der Waals surface area (Å²) in [7, 11) is 1.79. The molecule has 0 N–H and O–H groups in total. The lowest BCUT2D eigenvalue weighted by Crippen LogP contribution is -2.44. The summed E-state index contributed by atoms with van der Waals surface area (Å²) < 4.78 is 5.26. The second-order valence-electron chi connectivity index (χ2n) is 5.23. The third-order valence-corrected chi connectivity index (χ3v) is 4.65. The minimum absolute atomic E-state index is 0.473. The molecule has 96 valence electrons. The van der Waals surface area contributed by atoms with E-state index >= 15 is 0 Å². The lowest BCUT2D eigenvalue weighted by Gasteiger charge is -2.37. The zero-order chi connectivity index (χ0) is 12.0. The smallest absolute Gasteiger partial charge is 0.0615 e. The summed E-state index contributed by atoms with van der Waals surface area (Å²) in [5.74, 6) is 1.03. The van der Waals surface area contributed by atoms with E-state index in [0.717, 1.165) is 18.9 Å². The maximum absolute atomic E-state index is 5.26. The van der Waals surface area contributed by atoms with Crippen molar-refractivity contribution in [3.8, 4) is 0 Å². The molecule has 0 aromatic carbocycles. The van der Waals surface area contributed by atoms with Gasteiger partial charge in [0.1, 0.15) is 0 Å². The van der Waals surface area contributed by atoms with Crippen LogP contribution in [0.5, 0.6) is 0 Å². The molecular weight excluding hydrogens is 218 g/mol. The van der Waals surface area contributed by atoms with Crippen LogP contribution in [0.3, 0.4) is 0 Å². The second-order valence-corrected chi connectivity index (χ2v) is 5.55. The highest BCUT2D eigenvalue weighted by atomic mass is 32.1. The molecule has 1 aliphatic rings. The SMILES string of the molecule is CCN(CC1(CS)CCCC1)C(C)COC. The molecule has 0 spiro atoms. The number of hydrogen-bond donors (Lipinski definition) is 1. The van der Waals surface area contributed by atoms with Crippen molar-refractivity contribution >= 4 is 12.6 Å². The average molecular weight is 245 g/mol. The van der Waals surface area contributed by atoms with Crippen LogP contribution in [0.1, 0.15) is 39.5 Å². The van der Waals surface area contributed by atoms with Crippen LogP contribution in [-0.4, -0.2) is 43.5 Å². The highest BCUT2D eigenvalue weighted by Crippen LogP contribution is 2.39. The van der Waals surface area contributed by atoms with E-state index in [4.69, 9.17) is 4.74 Å². The lowest BCUT2D eigenvalue weighted by molar-refractivity contribution is 0.0740. The van der Waals surface area contributed by atoms with Gasteiger partial charge in [0.25, 0.3) is 0 Å². The van der Waals surface area contributed by atoms with Crippen LogP contribution in [0.4, 0.5) is 0 Å². The van der Waals surface area contributed by atoms with Gasteiger partial charge < -0.3 is 4.74 Å². The highest BCUT2D eigenvalue weighted by Gasteiger charge is 2.34. The van der Waals surface area contributed by atoms with Gasteiger partial charge in [-0.05, 0) is 37.5 Å². The Bertz CT molecular complexity index is 192. The Morgan fingerprint density at radius 1 is 1.38 bits per heavy atom. The molecule has 1 atom stereocenters. The fourth-order valence-corrected chi connectivity index (χ4v) is 3.26. The van der Waals surface area contributed by atoms with Crippen molar-refractivity contribution < 1.29 is 4.74 Å². The van der Waals surface area contributed by atoms with E-state index in [2.05, 4.69) is 31.4 Å². The molecule has 1 fully saturated rings. The van der Waals surface area contributed by atoms with Crippen LogP contribution in [0.15, 0.2) is 0 Å². The van der Waals surface area contributed by atoms with Crippen molar-refractivity contribution in [1.29, 1.82) is 0 Å². The van der Waals surface area contributed by atoms with Gasteiger partial charge in [-0.15, -0.1) is 0 Å². The molecule has 0 heterocycles. The van der Waals surface area contributed by atoms with E-state index in [9.17, 15) is 0 Å². The molecule has 1 rings (SSSR count). The van der Waals surface area contributed by atoms with Gasteiger partial charge in [0.05, 0.1) is 6.61 Å². The highest BCUT2D eigenvalue weighted by molar-refractivity contribution is 7.80. The van der Waals surface area contributed by atoms with E-state index in [1.807, 2.05) is 0 Å². The van der Waals surface area contributed by atoms with Crippen LogP contribution in [0, 0.1) is 5.41 Å². The van der Waals surface area contributed by atoms with Gasteiger partial charge in [0, 0.05) is 19.7 Å². The van der Waals surface area contributed by atoms with Crippen molar-refractivity contribution in [3.63, 3.8) is 0 Å². The third-order valence-electron chi connectivity index (χ3n) is 3.98. The molecule has 0 bridgehead atoms. The Morgan fingerprint density at radius 3 is 2.44 bits per heavy atom. The molecule has 0 radical (unpaired) electrons. The number of hydrogen-bond acceptors (Lipinski definition) is 3. The Hall–Kier alpha value is 0.270. The van der Waals surface area contributed by atoms with Gasteiger partial charge in [-0.1, -0.05) is 19.8 Å². The van der Waals surface area contributed by atoms with E-state index in [0.29, 0.717) is 11.5 Å². The van der Waals surface area contributed by atoms with Gasteiger partial charge >= 0.3 is 0 Å². The van der Waals surface area contributed by atoms with Crippen LogP contribution < -0.4 is 0 Å². The number of nitrogens with zero attached hydrogens (tertiary/aromatic N) is 1. The van der Waals surface area contributed by atoms with Crippen molar-refractivity contribution in [2.75, 3.05) is 32.6 Å². The molecule has 1 unspecified atom stereocenters. The third kappa shape index (κ3) is 3.64. The summed E-state index contributed by atoms with van der Waals surface area (Å²) in [5.41, 5.74) is 0.473. The maximum Gasteiger partial charge on any atom is 0.0615 e. The summed E-state index contributed by atoms with van der Waals surface area (Å²) in [4.78, 5) is 2.55. The van der Waals surface area contributed by atoms with Crippen LogP contribution >= 0.6 is 12.6 Å². The molecule has 0 amide bonds. The van der Waals surface area contributed by atoms with E-state index in [1.54, 1.807) is 7.11 Å². The van der Waals surface area contributed by atoms with Gasteiger partial charge in [0.2, 0.25) is 0 Å². The van der Waals surface area contributed by atoms with Crippen molar-refractivity contribution in [2.45, 2.75) is 45.6 Å². The second kappa shape index (κ2) is 6.87. The van der Waals surface area contributed by atoms with Crippen molar-refractivity contribution in [1.82, 2.24) is 4.90 Å².